The number of nitrogens with one attached hydrogen (secondary N) is 1. The average Bonchev–Trinajstić information content (AvgIpc) is 2.40. The highest BCUT2D eigenvalue weighted by Crippen LogP contribution is 2.08. The maximum absolute atomic E-state index is 5.62. The van der Waals surface area contributed by atoms with E-state index in [1.807, 2.05) is 12.1 Å². The number of hydrogen-bond donors (Lipinski definition) is 2. The standard InChI is InChI=1S/C15H18N2/c16-17-15(11-13-7-3-1-4-8-13)12-14-9-5-2-6-10-14/h1-10,15,17H,11-12,16H2. The number of rotatable bonds is 5. The second-order valence-electron chi connectivity index (χ2n) is 4.24. The highest BCUT2D eigenvalue weighted by atomic mass is 15.2. The Morgan fingerprint density at radius 1 is 0.765 bits per heavy atom. The fraction of sp³-hybridized carbons (Fsp3) is 0.200. The fourth-order valence-corrected chi connectivity index (χ4v) is 1.99. The van der Waals surface area contributed by atoms with E-state index in [0.29, 0.717) is 0 Å². The van der Waals surface area contributed by atoms with E-state index in [2.05, 4.69) is 54.0 Å². The monoisotopic (exact) mass is 226 g/mol. The molecule has 0 aliphatic heterocycles. The van der Waals surface area contributed by atoms with Crippen molar-refractivity contribution in [2.75, 3.05) is 0 Å². The van der Waals surface area contributed by atoms with Crippen LogP contribution >= 0.6 is 0 Å². The highest BCUT2D eigenvalue weighted by molar-refractivity contribution is 5.19. The van der Waals surface area contributed by atoms with Crippen molar-refractivity contribution in [3.8, 4) is 0 Å². The van der Waals surface area contributed by atoms with Gasteiger partial charge >= 0.3 is 0 Å². The minimum Gasteiger partial charge on any atom is -0.271 e. The van der Waals surface area contributed by atoms with E-state index >= 15 is 0 Å². The molecule has 2 rings (SSSR count). The van der Waals surface area contributed by atoms with Gasteiger partial charge in [-0.25, -0.2) is 0 Å². The van der Waals surface area contributed by atoms with Crippen LogP contribution in [0.5, 0.6) is 0 Å². The van der Waals surface area contributed by atoms with Crippen LogP contribution in [0.15, 0.2) is 60.7 Å². The van der Waals surface area contributed by atoms with Crippen LogP contribution in [0.25, 0.3) is 0 Å². The van der Waals surface area contributed by atoms with Crippen LogP contribution < -0.4 is 11.3 Å². The summed E-state index contributed by atoms with van der Waals surface area (Å²) in [5.41, 5.74) is 5.52. The Balaban J connectivity index is 1.98. The molecule has 0 bridgehead atoms. The molecule has 0 aromatic heterocycles. The predicted octanol–water partition coefficient (Wildman–Crippen LogP) is 2.30. The fourth-order valence-electron chi connectivity index (χ4n) is 1.99. The van der Waals surface area contributed by atoms with Gasteiger partial charge in [0, 0.05) is 6.04 Å². The van der Waals surface area contributed by atoms with Gasteiger partial charge in [-0.1, -0.05) is 60.7 Å². The molecule has 0 saturated carbocycles. The largest absolute Gasteiger partial charge is 0.271 e. The van der Waals surface area contributed by atoms with Crippen molar-refractivity contribution >= 4 is 0 Å². The van der Waals surface area contributed by atoms with Crippen LogP contribution in [0.2, 0.25) is 0 Å². The molecule has 0 saturated heterocycles. The molecule has 3 N–H and O–H groups in total. The topological polar surface area (TPSA) is 38.0 Å². The third kappa shape index (κ3) is 3.70. The predicted molar refractivity (Wildman–Crippen MR) is 71.4 cm³/mol. The van der Waals surface area contributed by atoms with E-state index in [1.165, 1.54) is 11.1 Å². The zero-order valence-electron chi connectivity index (χ0n) is 9.84. The molecule has 17 heavy (non-hydrogen) atoms. The lowest BCUT2D eigenvalue weighted by molar-refractivity contribution is 0.522. The van der Waals surface area contributed by atoms with Crippen molar-refractivity contribution in [1.29, 1.82) is 0 Å². The van der Waals surface area contributed by atoms with E-state index in [-0.39, 0.29) is 6.04 Å². The molecule has 0 unspecified atom stereocenters. The molecule has 0 heterocycles. The maximum atomic E-state index is 5.62. The summed E-state index contributed by atoms with van der Waals surface area (Å²) in [5, 5.41) is 0. The van der Waals surface area contributed by atoms with Gasteiger partial charge in [-0.3, -0.25) is 11.3 Å². The highest BCUT2D eigenvalue weighted by Gasteiger charge is 2.08. The summed E-state index contributed by atoms with van der Waals surface area (Å²) in [5.74, 6) is 5.62. The second-order valence-corrected chi connectivity index (χ2v) is 4.24. The summed E-state index contributed by atoms with van der Waals surface area (Å²) in [4.78, 5) is 0. The SMILES string of the molecule is NNC(Cc1ccccc1)Cc1ccccc1. The summed E-state index contributed by atoms with van der Waals surface area (Å²) in [6.45, 7) is 0. The summed E-state index contributed by atoms with van der Waals surface area (Å²) >= 11 is 0. The van der Waals surface area contributed by atoms with Gasteiger partial charge in [0.05, 0.1) is 0 Å². The molecule has 2 aromatic rings. The van der Waals surface area contributed by atoms with Gasteiger partial charge in [-0.2, -0.15) is 0 Å². The lowest BCUT2D eigenvalue weighted by Crippen LogP contribution is -2.38. The third-order valence-electron chi connectivity index (χ3n) is 2.89. The number of nitrogens with two attached hydrogens (primary N) is 1. The normalized spacial score (nSPS) is 10.7. The van der Waals surface area contributed by atoms with Gasteiger partial charge in [0.2, 0.25) is 0 Å². The molecule has 0 radical (unpaired) electrons. The Hall–Kier alpha value is -1.64. The van der Waals surface area contributed by atoms with Crippen molar-refractivity contribution in [1.82, 2.24) is 5.43 Å². The molecule has 0 fully saturated rings. The molecule has 88 valence electrons. The minimum absolute atomic E-state index is 0.278. The van der Waals surface area contributed by atoms with E-state index in [1.54, 1.807) is 0 Å². The van der Waals surface area contributed by atoms with Crippen LogP contribution in [0.1, 0.15) is 11.1 Å². The van der Waals surface area contributed by atoms with Crippen LogP contribution in [0.3, 0.4) is 0 Å². The zero-order chi connectivity index (χ0) is 11.9. The molecular formula is C15H18N2. The van der Waals surface area contributed by atoms with E-state index in [9.17, 15) is 0 Å². The molecule has 0 aliphatic rings. The van der Waals surface area contributed by atoms with E-state index in [0.717, 1.165) is 12.8 Å². The smallest absolute Gasteiger partial charge is 0.0291 e. The van der Waals surface area contributed by atoms with Gasteiger partial charge in [-0.15, -0.1) is 0 Å². The molecule has 0 aliphatic carbocycles. The summed E-state index contributed by atoms with van der Waals surface area (Å²) in [6.07, 6.45) is 1.90. The number of hydrazine groups is 1. The van der Waals surface area contributed by atoms with Crippen LogP contribution in [0.4, 0.5) is 0 Å². The molecule has 0 atom stereocenters. The summed E-state index contributed by atoms with van der Waals surface area (Å²) < 4.78 is 0. The minimum atomic E-state index is 0.278. The van der Waals surface area contributed by atoms with Crippen molar-refractivity contribution in [3.05, 3.63) is 71.8 Å². The molecule has 2 heteroatoms. The molecule has 2 nitrogen and oxygen atoms in total. The van der Waals surface area contributed by atoms with Gasteiger partial charge in [-0.05, 0) is 24.0 Å². The number of benzene rings is 2. The molecular weight excluding hydrogens is 208 g/mol. The first-order valence-corrected chi connectivity index (χ1v) is 5.92. The van der Waals surface area contributed by atoms with Gasteiger partial charge < -0.3 is 0 Å². The quantitative estimate of drug-likeness (QED) is 0.606. The average molecular weight is 226 g/mol. The Morgan fingerprint density at radius 2 is 1.18 bits per heavy atom. The van der Waals surface area contributed by atoms with Gasteiger partial charge in [0.1, 0.15) is 0 Å². The Kier molecular flexibility index (Phi) is 4.30. The Bertz CT molecular complexity index is 384. The van der Waals surface area contributed by atoms with Crippen molar-refractivity contribution < 1.29 is 0 Å². The Morgan fingerprint density at radius 3 is 1.53 bits per heavy atom. The first kappa shape index (κ1) is 11.8. The molecule has 0 spiro atoms. The number of hydrogen-bond acceptors (Lipinski definition) is 2. The van der Waals surface area contributed by atoms with Gasteiger partial charge in [0.15, 0.2) is 0 Å². The lowest BCUT2D eigenvalue weighted by atomic mass is 10.00. The van der Waals surface area contributed by atoms with Crippen LogP contribution in [0, 0.1) is 0 Å². The summed E-state index contributed by atoms with van der Waals surface area (Å²) in [7, 11) is 0. The molecule has 2 aromatic carbocycles. The van der Waals surface area contributed by atoms with E-state index in [4.69, 9.17) is 5.84 Å². The second kappa shape index (κ2) is 6.18. The first-order valence-electron chi connectivity index (χ1n) is 5.92. The van der Waals surface area contributed by atoms with Crippen molar-refractivity contribution in [2.24, 2.45) is 5.84 Å². The Labute approximate surface area is 102 Å². The van der Waals surface area contributed by atoms with Gasteiger partial charge in [0.25, 0.3) is 0 Å². The van der Waals surface area contributed by atoms with Crippen LogP contribution in [-0.4, -0.2) is 6.04 Å². The van der Waals surface area contributed by atoms with Crippen molar-refractivity contribution in [3.63, 3.8) is 0 Å². The lowest BCUT2D eigenvalue weighted by Gasteiger charge is -2.16. The maximum Gasteiger partial charge on any atom is 0.0291 e. The zero-order valence-corrected chi connectivity index (χ0v) is 9.84. The third-order valence-corrected chi connectivity index (χ3v) is 2.89. The first-order chi connectivity index (χ1) is 8.38. The molecule has 0 amide bonds. The summed E-state index contributed by atoms with van der Waals surface area (Å²) in [6, 6.07) is 21.1. The van der Waals surface area contributed by atoms with Crippen LogP contribution in [-0.2, 0) is 12.8 Å². The van der Waals surface area contributed by atoms with E-state index < -0.39 is 0 Å². The van der Waals surface area contributed by atoms with Crippen molar-refractivity contribution in [2.45, 2.75) is 18.9 Å².